The highest BCUT2D eigenvalue weighted by Crippen LogP contribution is 2.34. The largest absolute Gasteiger partial charge is 0.411 e. The fraction of sp³-hybridized carbons (Fsp3) is 0.333. The van der Waals surface area contributed by atoms with Crippen LogP contribution in [-0.4, -0.2) is 16.1 Å². The normalized spacial score (nSPS) is 20.5. The molecule has 1 aliphatic rings. The first kappa shape index (κ1) is 12.0. The summed E-state index contributed by atoms with van der Waals surface area (Å²) in [4.78, 5) is 0. The molecular formula is C15H16N2O2. The lowest BCUT2D eigenvalue weighted by Crippen LogP contribution is -2.19. The molecule has 0 bridgehead atoms. The molecule has 3 rings (SSSR count). The van der Waals surface area contributed by atoms with E-state index < -0.39 is 0 Å². The van der Waals surface area contributed by atoms with Gasteiger partial charge in [-0.2, -0.15) is 0 Å². The van der Waals surface area contributed by atoms with Crippen LogP contribution in [0, 0.1) is 0 Å². The number of aryl methyl sites for hydroxylation is 1. The van der Waals surface area contributed by atoms with E-state index in [1.807, 2.05) is 25.1 Å². The Labute approximate surface area is 111 Å². The number of hydrogen-bond acceptors (Lipinski definition) is 4. The molecule has 0 radical (unpaired) electrons. The van der Waals surface area contributed by atoms with Crippen molar-refractivity contribution < 1.29 is 9.73 Å². The lowest BCUT2D eigenvalue weighted by molar-refractivity contribution is 0.315. The van der Waals surface area contributed by atoms with Gasteiger partial charge in [0.25, 0.3) is 0 Å². The maximum atomic E-state index is 9.26. The first-order chi connectivity index (χ1) is 9.33. The first-order valence-electron chi connectivity index (χ1n) is 6.57. The van der Waals surface area contributed by atoms with Crippen molar-refractivity contribution in [3.8, 4) is 0 Å². The van der Waals surface area contributed by atoms with E-state index in [1.165, 1.54) is 5.56 Å². The van der Waals surface area contributed by atoms with E-state index in [1.54, 1.807) is 0 Å². The molecule has 19 heavy (non-hydrogen) atoms. The lowest BCUT2D eigenvalue weighted by Gasteiger charge is -2.22. The van der Waals surface area contributed by atoms with Crippen molar-refractivity contribution in [3.63, 3.8) is 0 Å². The summed E-state index contributed by atoms with van der Waals surface area (Å²) < 4.78 is 5.42. The van der Waals surface area contributed by atoms with Crippen LogP contribution in [0.15, 0.2) is 40.0 Å². The Balaban J connectivity index is 2.00. The Morgan fingerprint density at radius 2 is 2.11 bits per heavy atom. The average Bonchev–Trinajstić information content (AvgIpc) is 2.90. The summed E-state index contributed by atoms with van der Waals surface area (Å²) in [5, 5.41) is 16.8. The van der Waals surface area contributed by atoms with Gasteiger partial charge < -0.3 is 9.73 Å². The van der Waals surface area contributed by atoms with E-state index in [0.29, 0.717) is 5.71 Å². The molecule has 1 heterocycles. The number of hydrogen-bond donors (Lipinski definition) is 1. The zero-order valence-corrected chi connectivity index (χ0v) is 10.8. The van der Waals surface area contributed by atoms with Crippen LogP contribution in [0.5, 0.6) is 0 Å². The third kappa shape index (κ3) is 2.03. The van der Waals surface area contributed by atoms with E-state index in [4.69, 9.17) is 4.52 Å². The molecule has 98 valence electrons. The second-order valence-electron chi connectivity index (χ2n) is 4.84. The van der Waals surface area contributed by atoms with Crippen molar-refractivity contribution in [2.45, 2.75) is 32.1 Å². The van der Waals surface area contributed by atoms with Crippen molar-refractivity contribution in [1.29, 1.82) is 0 Å². The number of rotatable bonds is 2. The molecule has 1 aromatic carbocycles. The van der Waals surface area contributed by atoms with Crippen LogP contribution in [0.4, 0.5) is 0 Å². The molecule has 4 heteroatoms. The van der Waals surface area contributed by atoms with Crippen molar-refractivity contribution >= 4 is 5.71 Å². The Kier molecular flexibility index (Phi) is 3.07. The van der Waals surface area contributed by atoms with E-state index in [-0.39, 0.29) is 5.92 Å². The topological polar surface area (TPSA) is 58.6 Å². The summed E-state index contributed by atoms with van der Waals surface area (Å²) in [6, 6.07) is 10.3. The summed E-state index contributed by atoms with van der Waals surface area (Å²) in [7, 11) is 0. The number of benzene rings is 1. The van der Waals surface area contributed by atoms with Crippen LogP contribution < -0.4 is 0 Å². The highest BCUT2D eigenvalue weighted by atomic mass is 16.5. The average molecular weight is 256 g/mol. The zero-order valence-electron chi connectivity index (χ0n) is 10.8. The van der Waals surface area contributed by atoms with Gasteiger partial charge >= 0.3 is 0 Å². The fourth-order valence-electron chi connectivity index (χ4n) is 2.75. The molecule has 0 fully saturated rings. The molecule has 0 amide bonds. The molecular weight excluding hydrogens is 240 g/mol. The maximum absolute atomic E-state index is 9.26. The summed E-state index contributed by atoms with van der Waals surface area (Å²) in [6.07, 6.45) is 2.32. The van der Waals surface area contributed by atoms with Gasteiger partial charge in [-0.15, -0.1) is 0 Å². The predicted molar refractivity (Wildman–Crippen MR) is 71.7 cm³/mol. The Bertz CT molecular complexity index is 602. The second-order valence-corrected chi connectivity index (χ2v) is 4.84. The minimum Gasteiger partial charge on any atom is -0.411 e. The quantitative estimate of drug-likeness (QED) is 0.663. The smallest absolute Gasteiger partial charge is 0.146 e. The van der Waals surface area contributed by atoms with Gasteiger partial charge in [0.1, 0.15) is 5.76 Å². The van der Waals surface area contributed by atoms with Crippen molar-refractivity contribution in [2.24, 2.45) is 5.16 Å². The van der Waals surface area contributed by atoms with E-state index in [9.17, 15) is 5.21 Å². The van der Waals surface area contributed by atoms with Crippen molar-refractivity contribution in [1.82, 2.24) is 5.16 Å². The SMILES string of the molecule is CCc1noc2c1/C(=N\O)C[C@@H](c1ccccc1)C2. The molecule has 1 aliphatic carbocycles. The van der Waals surface area contributed by atoms with Crippen LogP contribution in [0.3, 0.4) is 0 Å². The van der Waals surface area contributed by atoms with Gasteiger partial charge in [-0.05, 0) is 17.9 Å². The number of nitrogens with zero attached hydrogens (tertiary/aromatic N) is 2. The molecule has 0 saturated carbocycles. The van der Waals surface area contributed by atoms with Gasteiger partial charge in [-0.25, -0.2) is 0 Å². The predicted octanol–water partition coefficient (Wildman–Crippen LogP) is 3.15. The van der Waals surface area contributed by atoms with Gasteiger partial charge in [0.2, 0.25) is 0 Å². The Morgan fingerprint density at radius 3 is 2.79 bits per heavy atom. The molecule has 1 atom stereocenters. The van der Waals surface area contributed by atoms with Gasteiger partial charge in [0.15, 0.2) is 0 Å². The van der Waals surface area contributed by atoms with Crippen molar-refractivity contribution in [2.75, 3.05) is 0 Å². The zero-order chi connectivity index (χ0) is 13.2. The molecule has 4 nitrogen and oxygen atoms in total. The van der Waals surface area contributed by atoms with E-state index >= 15 is 0 Å². The van der Waals surface area contributed by atoms with E-state index in [0.717, 1.165) is 36.3 Å². The van der Waals surface area contributed by atoms with Gasteiger partial charge in [0.05, 0.1) is 17.0 Å². The minimum atomic E-state index is 0.289. The molecule has 1 aromatic heterocycles. The number of oxime groups is 1. The molecule has 0 saturated heterocycles. The molecule has 0 unspecified atom stereocenters. The van der Waals surface area contributed by atoms with Crippen molar-refractivity contribution in [3.05, 3.63) is 52.9 Å². The van der Waals surface area contributed by atoms with Crippen LogP contribution in [0.2, 0.25) is 0 Å². The van der Waals surface area contributed by atoms with Crippen LogP contribution in [-0.2, 0) is 12.8 Å². The highest BCUT2D eigenvalue weighted by Gasteiger charge is 2.31. The van der Waals surface area contributed by atoms with Crippen LogP contribution in [0.1, 0.15) is 41.8 Å². The first-order valence-corrected chi connectivity index (χ1v) is 6.57. The summed E-state index contributed by atoms with van der Waals surface area (Å²) in [5.41, 5.74) is 3.73. The third-order valence-electron chi connectivity index (χ3n) is 3.72. The van der Waals surface area contributed by atoms with Crippen LogP contribution in [0.25, 0.3) is 0 Å². The van der Waals surface area contributed by atoms with Gasteiger partial charge in [-0.1, -0.05) is 47.6 Å². The maximum Gasteiger partial charge on any atom is 0.146 e. The van der Waals surface area contributed by atoms with Crippen LogP contribution >= 0.6 is 0 Å². The summed E-state index contributed by atoms with van der Waals surface area (Å²) in [5.74, 6) is 1.13. The monoisotopic (exact) mass is 256 g/mol. The fourth-order valence-corrected chi connectivity index (χ4v) is 2.75. The highest BCUT2D eigenvalue weighted by molar-refractivity contribution is 6.03. The molecule has 1 N–H and O–H groups in total. The number of fused-ring (bicyclic) bond motifs is 1. The standard InChI is InChI=1S/C15H16N2O2/c1-2-12-15-13(16-18)8-11(9-14(15)19-17-12)10-6-4-3-5-7-10/h3-7,11,18H,2,8-9H2,1H3/b16-13-/t11-/m1/s1. The second kappa shape index (κ2) is 4.88. The van der Waals surface area contributed by atoms with Gasteiger partial charge in [0, 0.05) is 12.8 Å². The summed E-state index contributed by atoms with van der Waals surface area (Å²) in [6.45, 7) is 2.02. The number of aromatic nitrogens is 1. The third-order valence-corrected chi connectivity index (χ3v) is 3.72. The Hall–Kier alpha value is -2.10. The minimum absolute atomic E-state index is 0.289. The van der Waals surface area contributed by atoms with E-state index in [2.05, 4.69) is 22.4 Å². The molecule has 2 aromatic rings. The Morgan fingerprint density at radius 1 is 1.32 bits per heavy atom. The molecule has 0 aliphatic heterocycles. The van der Waals surface area contributed by atoms with Gasteiger partial charge in [-0.3, -0.25) is 0 Å². The lowest BCUT2D eigenvalue weighted by atomic mass is 9.81. The summed E-state index contributed by atoms with van der Waals surface area (Å²) >= 11 is 0. The molecule has 0 spiro atoms.